The summed E-state index contributed by atoms with van der Waals surface area (Å²) in [5, 5.41) is 2.62. The van der Waals surface area contributed by atoms with Crippen molar-refractivity contribution < 1.29 is 37.0 Å². The van der Waals surface area contributed by atoms with Crippen LogP contribution in [0.1, 0.15) is 26.3 Å². The molecule has 0 radical (unpaired) electrons. The van der Waals surface area contributed by atoms with Crippen LogP contribution in [-0.2, 0) is 21.2 Å². The van der Waals surface area contributed by atoms with E-state index in [0.717, 1.165) is 5.56 Å². The number of sulfonamides is 1. The van der Waals surface area contributed by atoms with E-state index in [1.54, 1.807) is 0 Å². The van der Waals surface area contributed by atoms with Crippen LogP contribution in [0.25, 0.3) is 0 Å². The molecule has 10 nitrogen and oxygen atoms in total. The molecule has 0 unspecified atom stereocenters. The third kappa shape index (κ3) is 6.57. The molecule has 11 heteroatoms. The minimum atomic E-state index is -4.01. The van der Waals surface area contributed by atoms with Gasteiger partial charge in [-0.05, 0) is 30.2 Å². The second-order valence-corrected chi connectivity index (χ2v) is 9.43. The molecule has 0 bridgehead atoms. The lowest BCUT2D eigenvalue weighted by atomic mass is 10.1. The number of hydrogen-bond donors (Lipinski definition) is 2. The van der Waals surface area contributed by atoms with E-state index in [9.17, 15) is 18.0 Å². The maximum atomic E-state index is 13.1. The zero-order valence-corrected chi connectivity index (χ0v) is 21.7. The van der Waals surface area contributed by atoms with Gasteiger partial charge in [0.25, 0.3) is 5.91 Å². The predicted molar refractivity (Wildman–Crippen MR) is 137 cm³/mol. The molecule has 0 saturated carbocycles. The molecule has 0 spiro atoms. The summed E-state index contributed by atoms with van der Waals surface area (Å²) in [5.74, 6) is -0.769. The van der Waals surface area contributed by atoms with Crippen molar-refractivity contribution >= 4 is 27.6 Å². The first-order valence-electron chi connectivity index (χ1n) is 11.1. The molecular formula is C26H28N2O8S. The van der Waals surface area contributed by atoms with Crippen molar-refractivity contribution in [1.29, 1.82) is 0 Å². The second-order valence-electron chi connectivity index (χ2n) is 7.70. The molecule has 196 valence electrons. The Hall–Kier alpha value is -4.09. The molecule has 37 heavy (non-hydrogen) atoms. The van der Waals surface area contributed by atoms with E-state index in [2.05, 4.69) is 10.0 Å². The van der Waals surface area contributed by atoms with E-state index < -0.39 is 21.9 Å². The standard InChI is InChI=1S/C26H28N2O8S/c1-33-21-11-10-18(14-24(21)37(31,32)27-13-12-17-8-6-5-7-9-17)25(29)28-20-16-23(35-3)22(34-2)15-19(20)26(30)36-4/h5-11,14-16,27H,12-13H2,1-4H3,(H,28,29). The first-order valence-corrected chi connectivity index (χ1v) is 12.6. The molecule has 3 aromatic carbocycles. The normalized spacial score (nSPS) is 10.9. The average Bonchev–Trinajstić information content (AvgIpc) is 2.92. The van der Waals surface area contributed by atoms with E-state index in [1.807, 2.05) is 30.3 Å². The summed E-state index contributed by atoms with van der Waals surface area (Å²) in [6.07, 6.45) is 0.484. The van der Waals surface area contributed by atoms with Crippen molar-refractivity contribution in [2.75, 3.05) is 40.3 Å². The van der Waals surface area contributed by atoms with Gasteiger partial charge in [-0.2, -0.15) is 0 Å². The highest BCUT2D eigenvalue weighted by atomic mass is 32.2. The van der Waals surface area contributed by atoms with Crippen LogP contribution in [0.2, 0.25) is 0 Å². The van der Waals surface area contributed by atoms with Crippen LogP contribution in [0.4, 0.5) is 5.69 Å². The van der Waals surface area contributed by atoms with Crippen LogP contribution in [-0.4, -0.2) is 55.3 Å². The average molecular weight is 529 g/mol. The highest BCUT2D eigenvalue weighted by Gasteiger charge is 2.23. The SMILES string of the molecule is COC(=O)c1cc(OC)c(OC)cc1NC(=O)c1ccc(OC)c(S(=O)(=O)NCCc2ccccc2)c1. The third-order valence-electron chi connectivity index (χ3n) is 5.44. The minimum Gasteiger partial charge on any atom is -0.495 e. The maximum Gasteiger partial charge on any atom is 0.340 e. The predicted octanol–water partition coefficient (Wildman–Crippen LogP) is 3.27. The van der Waals surface area contributed by atoms with Crippen molar-refractivity contribution in [3.05, 3.63) is 77.4 Å². The highest BCUT2D eigenvalue weighted by Crippen LogP contribution is 2.34. The van der Waals surface area contributed by atoms with Gasteiger partial charge >= 0.3 is 5.97 Å². The van der Waals surface area contributed by atoms with Crippen LogP contribution in [0, 0.1) is 0 Å². The molecule has 1 amide bonds. The molecule has 0 atom stereocenters. The summed E-state index contributed by atoms with van der Waals surface area (Å²) in [5.41, 5.74) is 1.12. The van der Waals surface area contributed by atoms with Crippen LogP contribution in [0.15, 0.2) is 65.6 Å². The van der Waals surface area contributed by atoms with Gasteiger partial charge in [-0.3, -0.25) is 4.79 Å². The zero-order chi connectivity index (χ0) is 27.0. The number of nitrogens with one attached hydrogen (secondary N) is 2. The van der Waals surface area contributed by atoms with E-state index in [1.165, 1.54) is 58.8 Å². The Morgan fingerprint density at radius 2 is 1.46 bits per heavy atom. The molecule has 0 aliphatic carbocycles. The van der Waals surface area contributed by atoms with Crippen LogP contribution < -0.4 is 24.2 Å². The van der Waals surface area contributed by atoms with Crippen LogP contribution in [0.5, 0.6) is 17.2 Å². The summed E-state index contributed by atoms with van der Waals surface area (Å²) in [6, 6.07) is 16.2. The molecule has 0 aliphatic heterocycles. The van der Waals surface area contributed by atoms with Gasteiger partial charge in [0, 0.05) is 24.2 Å². The summed E-state index contributed by atoms with van der Waals surface area (Å²) in [6.45, 7) is 0.153. The Bertz CT molecular complexity index is 1370. The van der Waals surface area contributed by atoms with Crippen molar-refractivity contribution in [1.82, 2.24) is 4.72 Å². The monoisotopic (exact) mass is 528 g/mol. The quantitative estimate of drug-likeness (QED) is 0.363. The largest absolute Gasteiger partial charge is 0.495 e. The minimum absolute atomic E-state index is 0.0230. The van der Waals surface area contributed by atoms with Crippen molar-refractivity contribution in [2.45, 2.75) is 11.3 Å². The number of hydrogen-bond acceptors (Lipinski definition) is 8. The van der Waals surface area contributed by atoms with Gasteiger partial charge in [0.2, 0.25) is 10.0 Å². The molecule has 0 saturated heterocycles. The molecule has 3 rings (SSSR count). The van der Waals surface area contributed by atoms with Crippen LogP contribution >= 0.6 is 0 Å². The second kappa shape index (κ2) is 12.2. The van der Waals surface area contributed by atoms with Gasteiger partial charge < -0.3 is 24.3 Å². The number of methoxy groups -OCH3 is 4. The topological polar surface area (TPSA) is 129 Å². The smallest absolute Gasteiger partial charge is 0.340 e. The summed E-state index contributed by atoms with van der Waals surface area (Å²) in [4.78, 5) is 25.2. The van der Waals surface area contributed by atoms with Crippen molar-refractivity contribution in [3.8, 4) is 17.2 Å². The molecule has 0 heterocycles. The lowest BCUT2D eigenvalue weighted by Gasteiger charge is -2.15. The summed E-state index contributed by atoms with van der Waals surface area (Å²) in [7, 11) is 1.35. The lowest BCUT2D eigenvalue weighted by Crippen LogP contribution is -2.27. The molecule has 2 N–H and O–H groups in total. The summed E-state index contributed by atoms with van der Waals surface area (Å²) >= 11 is 0. The van der Waals surface area contributed by atoms with Gasteiger partial charge in [-0.25, -0.2) is 17.9 Å². The number of ether oxygens (including phenoxy) is 4. The fraction of sp³-hybridized carbons (Fsp3) is 0.231. The Labute approximate surface area is 215 Å². The molecule has 0 aromatic heterocycles. The van der Waals surface area contributed by atoms with E-state index >= 15 is 0 Å². The van der Waals surface area contributed by atoms with Gasteiger partial charge in [-0.15, -0.1) is 0 Å². The van der Waals surface area contributed by atoms with E-state index in [-0.39, 0.29) is 45.5 Å². The van der Waals surface area contributed by atoms with Crippen LogP contribution in [0.3, 0.4) is 0 Å². The molecule has 0 fully saturated rings. The number of rotatable bonds is 11. The Morgan fingerprint density at radius 1 is 0.811 bits per heavy atom. The number of benzene rings is 3. The van der Waals surface area contributed by atoms with Gasteiger partial charge in [0.15, 0.2) is 11.5 Å². The van der Waals surface area contributed by atoms with Crippen molar-refractivity contribution in [3.63, 3.8) is 0 Å². The van der Waals surface area contributed by atoms with Gasteiger partial charge in [0.1, 0.15) is 10.6 Å². The fourth-order valence-electron chi connectivity index (χ4n) is 3.54. The first-order chi connectivity index (χ1) is 17.7. The first kappa shape index (κ1) is 27.5. The Morgan fingerprint density at radius 3 is 2.08 bits per heavy atom. The van der Waals surface area contributed by atoms with E-state index in [4.69, 9.17) is 18.9 Å². The lowest BCUT2D eigenvalue weighted by molar-refractivity contribution is 0.0601. The fourth-order valence-corrected chi connectivity index (χ4v) is 4.76. The van der Waals surface area contributed by atoms with Gasteiger partial charge in [0.05, 0.1) is 39.7 Å². The Kier molecular flexibility index (Phi) is 9.10. The Balaban J connectivity index is 1.89. The van der Waals surface area contributed by atoms with Crippen molar-refractivity contribution in [2.24, 2.45) is 0 Å². The molecule has 0 aliphatic rings. The number of amides is 1. The molecular weight excluding hydrogens is 500 g/mol. The van der Waals surface area contributed by atoms with Gasteiger partial charge in [-0.1, -0.05) is 30.3 Å². The number of anilines is 1. The zero-order valence-electron chi connectivity index (χ0n) is 20.9. The van der Waals surface area contributed by atoms with E-state index in [0.29, 0.717) is 6.42 Å². The number of esters is 1. The number of carbonyl (C=O) groups excluding carboxylic acids is 2. The number of carbonyl (C=O) groups is 2. The summed E-state index contributed by atoms with van der Waals surface area (Å²) < 4.78 is 49.2. The highest BCUT2D eigenvalue weighted by molar-refractivity contribution is 7.89. The maximum absolute atomic E-state index is 13.1. The molecule has 3 aromatic rings. The third-order valence-corrected chi connectivity index (χ3v) is 6.92.